The van der Waals surface area contributed by atoms with Gasteiger partial charge in [-0.15, -0.1) is 0 Å². The molecule has 1 unspecified atom stereocenters. The summed E-state index contributed by atoms with van der Waals surface area (Å²) in [5.74, 6) is 1.09. The van der Waals surface area contributed by atoms with Gasteiger partial charge in [0.25, 0.3) is 5.89 Å². The van der Waals surface area contributed by atoms with E-state index in [4.69, 9.17) is 15.0 Å². The van der Waals surface area contributed by atoms with Crippen molar-refractivity contribution in [2.75, 3.05) is 12.3 Å². The van der Waals surface area contributed by atoms with Gasteiger partial charge in [0.05, 0.1) is 0 Å². The number of anilines is 1. The van der Waals surface area contributed by atoms with Crippen LogP contribution in [0, 0.1) is 6.92 Å². The van der Waals surface area contributed by atoms with Gasteiger partial charge in [0.15, 0.2) is 0 Å². The highest BCUT2D eigenvalue weighted by Crippen LogP contribution is 2.34. The molecule has 2 N–H and O–H groups in total. The minimum Gasteiger partial charge on any atom is -0.398 e. The van der Waals surface area contributed by atoms with Gasteiger partial charge < -0.3 is 15.0 Å². The summed E-state index contributed by atoms with van der Waals surface area (Å²) in [5.41, 5.74) is 8.08. The van der Waals surface area contributed by atoms with Gasteiger partial charge in [-0.1, -0.05) is 11.2 Å². The van der Waals surface area contributed by atoms with Crippen LogP contribution in [0.4, 0.5) is 5.69 Å². The Morgan fingerprint density at radius 3 is 2.89 bits per heavy atom. The molecule has 2 heterocycles. The molecular formula is C14H17N3O2. The van der Waals surface area contributed by atoms with Crippen LogP contribution < -0.4 is 5.73 Å². The molecule has 1 aliphatic rings. The molecule has 5 heteroatoms. The first-order valence-corrected chi connectivity index (χ1v) is 6.43. The Hall–Kier alpha value is -1.88. The molecule has 5 nitrogen and oxygen atoms in total. The highest BCUT2D eigenvalue weighted by atomic mass is 16.5. The van der Waals surface area contributed by atoms with Crippen LogP contribution in [0.5, 0.6) is 0 Å². The normalized spacial score (nSPS) is 22.8. The second kappa shape index (κ2) is 4.35. The zero-order valence-corrected chi connectivity index (χ0v) is 11.1. The van der Waals surface area contributed by atoms with E-state index in [9.17, 15) is 0 Å². The summed E-state index contributed by atoms with van der Waals surface area (Å²) in [6.07, 6.45) is 1.94. The van der Waals surface area contributed by atoms with Gasteiger partial charge >= 0.3 is 0 Å². The third kappa shape index (κ3) is 2.10. The molecule has 0 radical (unpaired) electrons. The number of hydrogen-bond acceptors (Lipinski definition) is 5. The molecule has 1 atom stereocenters. The highest BCUT2D eigenvalue weighted by Gasteiger charge is 2.36. The summed E-state index contributed by atoms with van der Waals surface area (Å²) >= 11 is 0. The number of ether oxygens (including phenoxy) is 1. The van der Waals surface area contributed by atoms with Gasteiger partial charge in [0, 0.05) is 17.9 Å². The molecule has 0 saturated carbocycles. The van der Waals surface area contributed by atoms with Crippen molar-refractivity contribution in [3.63, 3.8) is 0 Å². The van der Waals surface area contributed by atoms with Crippen molar-refractivity contribution in [3.05, 3.63) is 29.6 Å². The Bertz CT molecular complexity index is 600. The van der Waals surface area contributed by atoms with Crippen LogP contribution in [0.15, 0.2) is 22.7 Å². The number of nitrogens with zero attached hydrogens (tertiary/aromatic N) is 2. The first kappa shape index (κ1) is 12.2. The van der Waals surface area contributed by atoms with Crippen LogP contribution in [0.2, 0.25) is 0 Å². The molecule has 19 heavy (non-hydrogen) atoms. The molecular weight excluding hydrogens is 242 g/mol. The maximum absolute atomic E-state index is 5.90. The molecule has 1 aromatic carbocycles. The van der Waals surface area contributed by atoms with Crippen molar-refractivity contribution in [2.45, 2.75) is 32.3 Å². The molecule has 1 fully saturated rings. The van der Waals surface area contributed by atoms with E-state index in [0.717, 1.165) is 36.3 Å². The molecule has 0 bridgehead atoms. The molecule has 1 saturated heterocycles. The summed E-state index contributed by atoms with van der Waals surface area (Å²) < 4.78 is 11.0. The Morgan fingerprint density at radius 1 is 1.37 bits per heavy atom. The Labute approximate surface area is 111 Å². The average Bonchev–Trinajstić information content (AvgIpc) is 3.02. The fourth-order valence-electron chi connectivity index (χ4n) is 2.28. The van der Waals surface area contributed by atoms with E-state index < -0.39 is 5.60 Å². The zero-order chi connectivity index (χ0) is 13.5. The van der Waals surface area contributed by atoms with Gasteiger partial charge in [0.2, 0.25) is 5.82 Å². The zero-order valence-electron chi connectivity index (χ0n) is 11.1. The minimum atomic E-state index is -0.419. The maximum atomic E-state index is 5.90. The average molecular weight is 259 g/mol. The minimum absolute atomic E-state index is 0.419. The fourth-order valence-corrected chi connectivity index (χ4v) is 2.28. The van der Waals surface area contributed by atoms with Gasteiger partial charge in [-0.3, -0.25) is 0 Å². The molecule has 2 aromatic rings. The van der Waals surface area contributed by atoms with Crippen LogP contribution in [0.25, 0.3) is 11.5 Å². The third-order valence-corrected chi connectivity index (χ3v) is 3.64. The van der Waals surface area contributed by atoms with E-state index in [-0.39, 0.29) is 0 Å². The number of aryl methyl sites for hydroxylation is 1. The molecule has 1 aromatic heterocycles. The van der Waals surface area contributed by atoms with Crippen LogP contribution in [-0.2, 0) is 10.3 Å². The summed E-state index contributed by atoms with van der Waals surface area (Å²) in [5, 5.41) is 4.05. The second-order valence-electron chi connectivity index (χ2n) is 5.18. The largest absolute Gasteiger partial charge is 0.398 e. The predicted molar refractivity (Wildman–Crippen MR) is 71.4 cm³/mol. The molecule has 0 amide bonds. The molecule has 1 aliphatic heterocycles. The van der Waals surface area contributed by atoms with Crippen LogP contribution in [0.1, 0.15) is 31.2 Å². The quantitative estimate of drug-likeness (QED) is 0.839. The Balaban J connectivity index is 1.94. The first-order chi connectivity index (χ1) is 9.08. The standard InChI is InChI=1S/C14H17N3O2/c1-9-4-5-10(8-11(9)15)12-16-13(17-19-12)14(2)6-3-7-18-14/h4-5,8H,3,6-7,15H2,1-2H3. The first-order valence-electron chi connectivity index (χ1n) is 6.43. The number of benzene rings is 1. The lowest BCUT2D eigenvalue weighted by molar-refractivity contribution is 0.00768. The Morgan fingerprint density at radius 2 is 2.21 bits per heavy atom. The van der Waals surface area contributed by atoms with Crippen molar-refractivity contribution in [3.8, 4) is 11.5 Å². The molecule has 0 aliphatic carbocycles. The van der Waals surface area contributed by atoms with Gasteiger partial charge in [-0.05, 0) is 44.4 Å². The van der Waals surface area contributed by atoms with Gasteiger partial charge in [0.1, 0.15) is 5.60 Å². The monoisotopic (exact) mass is 259 g/mol. The van der Waals surface area contributed by atoms with Crippen molar-refractivity contribution >= 4 is 5.69 Å². The molecule has 3 rings (SSSR count). The second-order valence-corrected chi connectivity index (χ2v) is 5.18. The van der Waals surface area contributed by atoms with Crippen molar-refractivity contribution in [1.82, 2.24) is 10.1 Å². The smallest absolute Gasteiger partial charge is 0.258 e. The van der Waals surface area contributed by atoms with Crippen LogP contribution >= 0.6 is 0 Å². The van der Waals surface area contributed by atoms with Crippen molar-refractivity contribution < 1.29 is 9.26 Å². The number of rotatable bonds is 2. The van der Waals surface area contributed by atoms with Gasteiger partial charge in [-0.2, -0.15) is 4.98 Å². The number of nitrogen functional groups attached to an aromatic ring is 1. The molecule has 0 spiro atoms. The fraction of sp³-hybridized carbons (Fsp3) is 0.429. The van der Waals surface area contributed by atoms with Crippen LogP contribution in [-0.4, -0.2) is 16.7 Å². The van der Waals surface area contributed by atoms with Gasteiger partial charge in [-0.25, -0.2) is 0 Å². The topological polar surface area (TPSA) is 74.2 Å². The number of nitrogens with two attached hydrogens (primary N) is 1. The van der Waals surface area contributed by atoms with Crippen molar-refractivity contribution in [2.24, 2.45) is 0 Å². The summed E-state index contributed by atoms with van der Waals surface area (Å²) in [7, 11) is 0. The summed E-state index contributed by atoms with van der Waals surface area (Å²) in [6, 6.07) is 5.73. The third-order valence-electron chi connectivity index (χ3n) is 3.64. The Kier molecular flexibility index (Phi) is 2.78. The lowest BCUT2D eigenvalue weighted by Crippen LogP contribution is -2.21. The van der Waals surface area contributed by atoms with Crippen molar-refractivity contribution in [1.29, 1.82) is 0 Å². The lowest BCUT2D eigenvalue weighted by atomic mass is 10.0. The van der Waals surface area contributed by atoms with E-state index in [2.05, 4.69) is 10.1 Å². The van der Waals surface area contributed by atoms with E-state index in [1.54, 1.807) is 0 Å². The number of aromatic nitrogens is 2. The number of hydrogen-bond donors (Lipinski definition) is 1. The van der Waals surface area contributed by atoms with E-state index >= 15 is 0 Å². The summed E-state index contributed by atoms with van der Waals surface area (Å²) in [6.45, 7) is 4.71. The highest BCUT2D eigenvalue weighted by molar-refractivity contribution is 5.62. The summed E-state index contributed by atoms with van der Waals surface area (Å²) in [4.78, 5) is 4.45. The molecule has 100 valence electrons. The van der Waals surface area contributed by atoms with Crippen LogP contribution in [0.3, 0.4) is 0 Å². The van der Waals surface area contributed by atoms with E-state index in [1.807, 2.05) is 32.0 Å². The lowest BCUT2D eigenvalue weighted by Gasteiger charge is -2.17. The van der Waals surface area contributed by atoms with E-state index in [0.29, 0.717) is 11.7 Å². The predicted octanol–water partition coefficient (Wildman–Crippen LogP) is 2.65. The maximum Gasteiger partial charge on any atom is 0.258 e. The SMILES string of the molecule is Cc1ccc(-c2nc(C3(C)CCCO3)no2)cc1N. The van der Waals surface area contributed by atoms with E-state index in [1.165, 1.54) is 0 Å².